The summed E-state index contributed by atoms with van der Waals surface area (Å²) in [5.41, 5.74) is 7.03. The van der Waals surface area contributed by atoms with E-state index in [1.54, 1.807) is 14.2 Å². The van der Waals surface area contributed by atoms with E-state index >= 15 is 0 Å². The highest BCUT2D eigenvalue weighted by molar-refractivity contribution is 5.80. The van der Waals surface area contributed by atoms with Gasteiger partial charge in [0, 0.05) is 12.1 Å². The number of nitrogens with two attached hydrogens (primary N) is 1. The second-order valence-electron chi connectivity index (χ2n) is 4.49. The molecule has 0 radical (unpaired) electrons. The van der Waals surface area contributed by atoms with Crippen LogP contribution in [0, 0.1) is 0 Å². The fourth-order valence-electron chi connectivity index (χ4n) is 2.48. The molecule has 5 heteroatoms. The van der Waals surface area contributed by atoms with E-state index in [2.05, 4.69) is 16.8 Å². The van der Waals surface area contributed by atoms with Crippen molar-refractivity contribution in [1.82, 2.24) is 4.90 Å². The van der Waals surface area contributed by atoms with Crippen molar-refractivity contribution in [3.8, 4) is 11.5 Å². The smallest absolute Gasteiger partial charge is 0.191 e. The van der Waals surface area contributed by atoms with Crippen molar-refractivity contribution in [3.63, 3.8) is 0 Å². The Labute approximate surface area is 114 Å². The van der Waals surface area contributed by atoms with Gasteiger partial charge in [-0.3, -0.25) is 4.99 Å². The van der Waals surface area contributed by atoms with Crippen molar-refractivity contribution in [2.45, 2.75) is 19.4 Å². The summed E-state index contributed by atoms with van der Waals surface area (Å²) >= 11 is 0. The first-order chi connectivity index (χ1) is 9.22. The third-order valence-corrected chi connectivity index (χ3v) is 3.35. The zero-order chi connectivity index (χ0) is 13.8. The van der Waals surface area contributed by atoms with Crippen LogP contribution in [0.3, 0.4) is 0 Å². The molecule has 1 aliphatic heterocycles. The summed E-state index contributed by atoms with van der Waals surface area (Å²) in [6.07, 6.45) is 1.03. The molecule has 0 aromatic heterocycles. The van der Waals surface area contributed by atoms with E-state index in [9.17, 15) is 0 Å². The highest BCUT2D eigenvalue weighted by atomic mass is 16.5. The highest BCUT2D eigenvalue weighted by Gasteiger charge is 2.29. The van der Waals surface area contributed by atoms with Gasteiger partial charge in [0.1, 0.15) is 0 Å². The molecule has 0 bridgehead atoms. The van der Waals surface area contributed by atoms with Gasteiger partial charge in [-0.25, -0.2) is 0 Å². The Balaban J connectivity index is 2.36. The second-order valence-corrected chi connectivity index (χ2v) is 4.49. The van der Waals surface area contributed by atoms with Crippen LogP contribution in [0.25, 0.3) is 0 Å². The van der Waals surface area contributed by atoms with Gasteiger partial charge in [0.2, 0.25) is 0 Å². The van der Waals surface area contributed by atoms with Crippen LogP contribution in [0.1, 0.15) is 24.9 Å². The normalized spacial score (nSPS) is 18.4. The summed E-state index contributed by atoms with van der Waals surface area (Å²) in [4.78, 5) is 6.47. The van der Waals surface area contributed by atoms with Crippen molar-refractivity contribution < 1.29 is 9.47 Å². The summed E-state index contributed by atoms with van der Waals surface area (Å²) in [6, 6.07) is 6.04. The van der Waals surface area contributed by atoms with Gasteiger partial charge in [0.05, 0.1) is 26.8 Å². The SMILES string of the molecule is CCCN1C(N)=NCC1c1cccc(OC)c1OC. The van der Waals surface area contributed by atoms with Crippen LogP contribution in [-0.2, 0) is 0 Å². The zero-order valence-corrected chi connectivity index (χ0v) is 11.7. The number of rotatable bonds is 5. The Morgan fingerprint density at radius 3 is 2.79 bits per heavy atom. The van der Waals surface area contributed by atoms with E-state index in [1.807, 2.05) is 18.2 Å². The van der Waals surface area contributed by atoms with Crippen molar-refractivity contribution >= 4 is 5.96 Å². The molecule has 2 N–H and O–H groups in total. The largest absolute Gasteiger partial charge is 0.493 e. The van der Waals surface area contributed by atoms with Crippen LogP contribution < -0.4 is 15.2 Å². The first kappa shape index (κ1) is 13.5. The topological polar surface area (TPSA) is 60.1 Å². The predicted molar refractivity (Wildman–Crippen MR) is 75.8 cm³/mol. The molecule has 5 nitrogen and oxygen atoms in total. The quantitative estimate of drug-likeness (QED) is 0.879. The van der Waals surface area contributed by atoms with E-state index in [-0.39, 0.29) is 6.04 Å². The maximum Gasteiger partial charge on any atom is 0.191 e. The van der Waals surface area contributed by atoms with Gasteiger partial charge in [0.25, 0.3) is 0 Å². The predicted octanol–water partition coefficient (Wildman–Crippen LogP) is 1.79. The first-order valence-corrected chi connectivity index (χ1v) is 6.50. The molecular weight excluding hydrogens is 242 g/mol. The van der Waals surface area contributed by atoms with Crippen LogP contribution in [0.2, 0.25) is 0 Å². The molecular formula is C14H21N3O2. The van der Waals surface area contributed by atoms with Crippen molar-refractivity contribution in [1.29, 1.82) is 0 Å². The molecule has 1 aromatic carbocycles. The number of ether oxygens (including phenoxy) is 2. The van der Waals surface area contributed by atoms with Crippen LogP contribution in [0.5, 0.6) is 11.5 Å². The maximum atomic E-state index is 5.96. The third kappa shape index (κ3) is 2.45. The lowest BCUT2D eigenvalue weighted by Crippen LogP contribution is -2.36. The summed E-state index contributed by atoms with van der Waals surface area (Å²) in [5, 5.41) is 0. The molecule has 0 amide bonds. The summed E-state index contributed by atoms with van der Waals surface area (Å²) in [7, 11) is 3.30. The molecule has 0 saturated carbocycles. The molecule has 1 heterocycles. The Morgan fingerprint density at radius 2 is 2.16 bits per heavy atom. The van der Waals surface area contributed by atoms with Gasteiger partial charge < -0.3 is 20.1 Å². The average Bonchev–Trinajstić information content (AvgIpc) is 2.79. The number of aliphatic imine (C=N–C) groups is 1. The lowest BCUT2D eigenvalue weighted by atomic mass is 10.0. The number of para-hydroxylation sites is 1. The Hall–Kier alpha value is -1.91. The molecule has 0 saturated heterocycles. The Morgan fingerprint density at radius 1 is 1.37 bits per heavy atom. The standard InChI is InChI=1S/C14H21N3O2/c1-4-8-17-11(9-16-14(17)15)10-6-5-7-12(18-2)13(10)19-3/h5-7,11H,4,8-9H2,1-3H3,(H2,15,16). The molecule has 0 aliphatic carbocycles. The van der Waals surface area contributed by atoms with Crippen LogP contribution in [0.15, 0.2) is 23.2 Å². The van der Waals surface area contributed by atoms with Crippen LogP contribution >= 0.6 is 0 Å². The van der Waals surface area contributed by atoms with E-state index in [1.165, 1.54) is 0 Å². The monoisotopic (exact) mass is 263 g/mol. The van der Waals surface area contributed by atoms with E-state index in [4.69, 9.17) is 15.2 Å². The average molecular weight is 263 g/mol. The molecule has 1 atom stereocenters. The van der Waals surface area contributed by atoms with Gasteiger partial charge >= 0.3 is 0 Å². The lowest BCUT2D eigenvalue weighted by Gasteiger charge is -2.27. The second kappa shape index (κ2) is 5.82. The van der Waals surface area contributed by atoms with Gasteiger partial charge in [0.15, 0.2) is 17.5 Å². The number of hydrogen-bond acceptors (Lipinski definition) is 5. The summed E-state index contributed by atoms with van der Waals surface area (Å²) in [5.74, 6) is 2.11. The molecule has 1 unspecified atom stereocenters. The fourth-order valence-corrected chi connectivity index (χ4v) is 2.48. The summed E-state index contributed by atoms with van der Waals surface area (Å²) < 4.78 is 10.8. The Kier molecular flexibility index (Phi) is 4.14. The molecule has 19 heavy (non-hydrogen) atoms. The molecule has 1 aliphatic rings. The van der Waals surface area contributed by atoms with Gasteiger partial charge in [-0.15, -0.1) is 0 Å². The number of nitrogens with zero attached hydrogens (tertiary/aromatic N) is 2. The minimum Gasteiger partial charge on any atom is -0.493 e. The first-order valence-electron chi connectivity index (χ1n) is 6.50. The third-order valence-electron chi connectivity index (χ3n) is 3.35. The van der Waals surface area contributed by atoms with Crippen molar-refractivity contribution in [2.24, 2.45) is 10.7 Å². The van der Waals surface area contributed by atoms with Crippen LogP contribution in [0.4, 0.5) is 0 Å². The molecule has 0 fully saturated rings. The minimum atomic E-state index is 0.130. The Bertz CT molecular complexity index is 474. The number of guanidine groups is 1. The van der Waals surface area contributed by atoms with Gasteiger partial charge in [-0.2, -0.15) is 0 Å². The minimum absolute atomic E-state index is 0.130. The number of hydrogen-bond donors (Lipinski definition) is 1. The maximum absolute atomic E-state index is 5.96. The fraction of sp³-hybridized carbons (Fsp3) is 0.500. The van der Waals surface area contributed by atoms with Gasteiger partial charge in [-0.1, -0.05) is 19.1 Å². The van der Waals surface area contributed by atoms with E-state index < -0.39 is 0 Å². The molecule has 1 aromatic rings. The zero-order valence-electron chi connectivity index (χ0n) is 11.7. The molecule has 2 rings (SSSR count). The van der Waals surface area contributed by atoms with Crippen LogP contribution in [-0.4, -0.2) is 38.2 Å². The molecule has 0 spiro atoms. The summed E-state index contributed by atoms with van der Waals surface area (Å²) in [6.45, 7) is 3.68. The van der Waals surface area contributed by atoms with Crippen molar-refractivity contribution in [3.05, 3.63) is 23.8 Å². The molecule has 104 valence electrons. The number of benzene rings is 1. The van der Waals surface area contributed by atoms with E-state index in [0.29, 0.717) is 12.5 Å². The van der Waals surface area contributed by atoms with Gasteiger partial charge in [-0.05, 0) is 12.5 Å². The lowest BCUT2D eigenvalue weighted by molar-refractivity contribution is 0.317. The highest BCUT2D eigenvalue weighted by Crippen LogP contribution is 2.38. The van der Waals surface area contributed by atoms with Crippen molar-refractivity contribution in [2.75, 3.05) is 27.3 Å². The number of methoxy groups -OCH3 is 2. The van der Waals surface area contributed by atoms with E-state index in [0.717, 1.165) is 30.0 Å².